The van der Waals surface area contributed by atoms with E-state index in [0.29, 0.717) is 42.0 Å². The Bertz CT molecular complexity index is 872. The molecule has 1 aromatic carbocycles. The molecule has 182 valence electrons. The Balaban J connectivity index is 1.69. The Kier molecular flexibility index (Phi) is 8.26. The number of nitrogens with one attached hydrogen (secondary N) is 1. The van der Waals surface area contributed by atoms with E-state index < -0.39 is 48.0 Å². The van der Waals surface area contributed by atoms with Crippen molar-refractivity contribution in [3.05, 3.63) is 34.9 Å². The van der Waals surface area contributed by atoms with Crippen LogP contribution in [-0.2, 0) is 16.0 Å². The number of carboxylic acid groups (broad SMARTS) is 1. The number of urea groups is 1. The molecule has 1 heterocycles. The highest BCUT2D eigenvalue weighted by Gasteiger charge is 2.56. The molecule has 1 aliphatic carbocycles. The molecular formula is C23H28ClF3N2O4. The molecule has 33 heavy (non-hydrogen) atoms. The third-order valence-corrected chi connectivity index (χ3v) is 6.81. The van der Waals surface area contributed by atoms with Gasteiger partial charge in [-0.2, -0.15) is 13.2 Å². The molecule has 3 atom stereocenters. The number of carboxylic acids is 1. The number of aliphatic carboxylic acids is 1. The van der Waals surface area contributed by atoms with Crippen LogP contribution in [0, 0.1) is 11.8 Å². The number of benzene rings is 1. The highest BCUT2D eigenvalue weighted by molar-refractivity contribution is 6.30. The van der Waals surface area contributed by atoms with Gasteiger partial charge in [0.2, 0.25) is 5.91 Å². The molecule has 0 unspecified atom stereocenters. The maximum absolute atomic E-state index is 13.8. The Morgan fingerprint density at radius 1 is 1.15 bits per heavy atom. The third kappa shape index (κ3) is 6.19. The molecule has 2 fully saturated rings. The minimum atomic E-state index is -4.70. The summed E-state index contributed by atoms with van der Waals surface area (Å²) in [5.41, 5.74) is 0.795. The van der Waals surface area contributed by atoms with E-state index in [9.17, 15) is 32.7 Å². The molecule has 2 aliphatic rings. The summed E-state index contributed by atoms with van der Waals surface area (Å²) in [5.74, 6) is -3.98. The van der Waals surface area contributed by atoms with Crippen molar-refractivity contribution >= 4 is 29.5 Å². The first-order valence-corrected chi connectivity index (χ1v) is 11.6. The van der Waals surface area contributed by atoms with Crippen LogP contribution in [0.2, 0.25) is 5.02 Å². The fourth-order valence-electron chi connectivity index (χ4n) is 4.84. The maximum Gasteiger partial charge on any atom is 0.408 e. The fourth-order valence-corrected chi connectivity index (χ4v) is 5.06. The normalized spacial score (nSPS) is 23.3. The zero-order valence-corrected chi connectivity index (χ0v) is 18.9. The van der Waals surface area contributed by atoms with Gasteiger partial charge >= 0.3 is 18.2 Å². The lowest BCUT2D eigenvalue weighted by Crippen LogP contribution is -2.69. The second-order valence-electron chi connectivity index (χ2n) is 8.84. The van der Waals surface area contributed by atoms with Gasteiger partial charge in [0.05, 0.1) is 5.92 Å². The second kappa shape index (κ2) is 10.8. The van der Waals surface area contributed by atoms with Gasteiger partial charge in [-0.05, 0) is 49.3 Å². The van der Waals surface area contributed by atoms with Gasteiger partial charge in [0, 0.05) is 5.02 Å². The van der Waals surface area contributed by atoms with Crippen molar-refractivity contribution in [3.8, 4) is 0 Å². The van der Waals surface area contributed by atoms with Crippen LogP contribution in [0.4, 0.5) is 18.0 Å². The van der Waals surface area contributed by atoms with Crippen molar-refractivity contribution in [2.75, 3.05) is 0 Å². The standard InChI is InChI=1S/C23H28ClF3N2O4/c24-16-10-6-7-14(13-16)11-12-17-18(21(31)32)29(20(17)30)22(33)28-19(23(25,26)27)15-8-4-2-1-3-5-9-15/h6-7,10,13,15,17-19H,1-5,8-9,11-12H2,(H,28,33)(H,31,32)/t17-,18+,19+/m1/s1. The van der Waals surface area contributed by atoms with Crippen molar-refractivity contribution in [1.29, 1.82) is 0 Å². The number of likely N-dealkylation sites (tertiary alicyclic amines) is 1. The Labute approximate surface area is 195 Å². The molecule has 10 heteroatoms. The molecule has 1 aromatic rings. The van der Waals surface area contributed by atoms with E-state index in [4.69, 9.17) is 11.6 Å². The van der Waals surface area contributed by atoms with E-state index in [0.717, 1.165) is 24.8 Å². The van der Waals surface area contributed by atoms with Gasteiger partial charge in [0.1, 0.15) is 6.04 Å². The van der Waals surface area contributed by atoms with Crippen molar-refractivity contribution < 1.29 is 32.7 Å². The number of nitrogens with zero attached hydrogens (tertiary/aromatic N) is 1. The smallest absolute Gasteiger partial charge is 0.408 e. The third-order valence-electron chi connectivity index (χ3n) is 6.57. The number of carbonyl (C=O) groups is 3. The van der Waals surface area contributed by atoms with Crippen molar-refractivity contribution in [2.24, 2.45) is 11.8 Å². The molecule has 6 nitrogen and oxygen atoms in total. The van der Waals surface area contributed by atoms with Crippen LogP contribution in [0.5, 0.6) is 0 Å². The summed E-state index contributed by atoms with van der Waals surface area (Å²) in [6.45, 7) is 0. The summed E-state index contributed by atoms with van der Waals surface area (Å²) in [6.07, 6.45) is 0.385. The predicted molar refractivity (Wildman–Crippen MR) is 116 cm³/mol. The Hall–Kier alpha value is -2.29. The molecule has 1 saturated heterocycles. The van der Waals surface area contributed by atoms with Gasteiger partial charge in [0.15, 0.2) is 6.04 Å². The number of halogens is 4. The first-order valence-electron chi connectivity index (χ1n) is 11.3. The van der Waals surface area contributed by atoms with Crippen LogP contribution in [0.15, 0.2) is 24.3 Å². The van der Waals surface area contributed by atoms with E-state index in [1.165, 1.54) is 0 Å². The van der Waals surface area contributed by atoms with E-state index in [2.05, 4.69) is 0 Å². The summed E-state index contributed by atoms with van der Waals surface area (Å²) in [4.78, 5) is 37.5. The summed E-state index contributed by atoms with van der Waals surface area (Å²) >= 11 is 5.93. The van der Waals surface area contributed by atoms with Gasteiger partial charge in [-0.25, -0.2) is 14.5 Å². The van der Waals surface area contributed by atoms with Crippen LogP contribution in [0.25, 0.3) is 0 Å². The number of hydrogen-bond donors (Lipinski definition) is 2. The van der Waals surface area contributed by atoms with Crippen molar-refractivity contribution in [3.63, 3.8) is 0 Å². The molecular weight excluding hydrogens is 461 g/mol. The van der Waals surface area contributed by atoms with E-state index in [1.54, 1.807) is 24.3 Å². The molecule has 0 aromatic heterocycles. The van der Waals surface area contributed by atoms with E-state index >= 15 is 0 Å². The van der Waals surface area contributed by atoms with Crippen molar-refractivity contribution in [2.45, 2.75) is 76.0 Å². The molecule has 1 saturated carbocycles. The molecule has 3 amide bonds. The minimum absolute atomic E-state index is 0.144. The van der Waals surface area contributed by atoms with Gasteiger partial charge in [-0.15, -0.1) is 0 Å². The predicted octanol–water partition coefficient (Wildman–Crippen LogP) is 5.19. The summed E-state index contributed by atoms with van der Waals surface area (Å²) in [5, 5.41) is 12.0. The van der Waals surface area contributed by atoms with E-state index in [-0.39, 0.29) is 6.42 Å². The Morgan fingerprint density at radius 3 is 2.36 bits per heavy atom. The summed E-state index contributed by atoms with van der Waals surface area (Å²) in [7, 11) is 0. The molecule has 0 bridgehead atoms. The summed E-state index contributed by atoms with van der Waals surface area (Å²) < 4.78 is 41.4. The lowest BCUT2D eigenvalue weighted by Gasteiger charge is -2.44. The van der Waals surface area contributed by atoms with Gasteiger partial charge in [0.25, 0.3) is 0 Å². The number of aryl methyl sites for hydroxylation is 1. The van der Waals surface area contributed by atoms with Crippen LogP contribution >= 0.6 is 11.6 Å². The van der Waals surface area contributed by atoms with Gasteiger partial charge in [-0.1, -0.05) is 55.8 Å². The van der Waals surface area contributed by atoms with E-state index in [1.807, 2.05) is 5.32 Å². The lowest BCUT2D eigenvalue weighted by molar-refractivity contribution is -0.172. The minimum Gasteiger partial charge on any atom is -0.480 e. The topological polar surface area (TPSA) is 86.7 Å². The molecule has 1 aliphatic heterocycles. The average molecular weight is 489 g/mol. The second-order valence-corrected chi connectivity index (χ2v) is 9.28. The number of β-lactam (4-membered cyclic amide) rings is 1. The van der Waals surface area contributed by atoms with Gasteiger partial charge in [-0.3, -0.25) is 4.79 Å². The Morgan fingerprint density at radius 2 is 1.79 bits per heavy atom. The van der Waals surface area contributed by atoms with Crippen LogP contribution in [-0.4, -0.2) is 46.2 Å². The van der Waals surface area contributed by atoms with Crippen molar-refractivity contribution in [1.82, 2.24) is 10.2 Å². The zero-order valence-electron chi connectivity index (χ0n) is 18.1. The quantitative estimate of drug-likeness (QED) is 0.540. The van der Waals surface area contributed by atoms with Crippen LogP contribution in [0.1, 0.15) is 56.9 Å². The molecule has 0 radical (unpaired) electrons. The summed E-state index contributed by atoms with van der Waals surface area (Å²) in [6, 6.07) is 1.96. The number of rotatable bonds is 6. The highest BCUT2D eigenvalue weighted by Crippen LogP contribution is 2.36. The zero-order chi connectivity index (χ0) is 24.2. The number of imide groups is 1. The number of amides is 3. The highest BCUT2D eigenvalue weighted by atomic mass is 35.5. The first-order chi connectivity index (χ1) is 15.6. The fraction of sp³-hybridized carbons (Fsp3) is 0.609. The maximum atomic E-state index is 13.8. The molecule has 3 rings (SSSR count). The largest absolute Gasteiger partial charge is 0.480 e. The van der Waals surface area contributed by atoms with Gasteiger partial charge < -0.3 is 10.4 Å². The number of carbonyl (C=O) groups excluding carboxylic acids is 2. The van der Waals surface area contributed by atoms with Crippen LogP contribution in [0.3, 0.4) is 0 Å². The number of alkyl halides is 3. The SMILES string of the molecule is O=C(O)[C@@H]1[C@@H](CCc2cccc(Cl)c2)C(=O)N1C(=O)N[C@@H](C1CCCCCCC1)C(F)(F)F. The number of hydrogen-bond acceptors (Lipinski definition) is 3. The molecule has 2 N–H and O–H groups in total. The lowest BCUT2D eigenvalue weighted by atomic mass is 9.82. The van der Waals surface area contributed by atoms with Crippen LogP contribution < -0.4 is 5.32 Å². The average Bonchev–Trinajstić information content (AvgIpc) is 2.69. The molecule has 0 spiro atoms. The first kappa shape index (κ1) is 25.3. The monoisotopic (exact) mass is 488 g/mol.